The number of hydrogen-bond acceptors (Lipinski definition) is 4. The van der Waals surface area contributed by atoms with Crippen molar-refractivity contribution >= 4 is 11.6 Å². The normalized spacial score (nSPS) is 14.1. The summed E-state index contributed by atoms with van der Waals surface area (Å²) in [7, 11) is 1.76. The quantitative estimate of drug-likeness (QED) is 0.648. The van der Waals surface area contributed by atoms with Crippen LogP contribution in [0.1, 0.15) is 17.4 Å². The van der Waals surface area contributed by atoms with Crippen molar-refractivity contribution in [3.05, 3.63) is 66.1 Å². The topological polar surface area (TPSA) is 50.6 Å². The van der Waals surface area contributed by atoms with Crippen LogP contribution in [0.5, 0.6) is 5.75 Å². The molecule has 0 bridgehead atoms. The molecule has 0 radical (unpaired) electrons. The summed E-state index contributed by atoms with van der Waals surface area (Å²) in [6.45, 7) is 5.30. The number of amides is 1. The summed E-state index contributed by atoms with van der Waals surface area (Å²) in [6, 6.07) is 15.9. The summed E-state index contributed by atoms with van der Waals surface area (Å²) < 4.78 is 20.5. The lowest BCUT2D eigenvalue weighted by Crippen LogP contribution is -2.49. The third-order valence-corrected chi connectivity index (χ3v) is 5.31. The summed E-state index contributed by atoms with van der Waals surface area (Å²) in [6.07, 6.45) is 0. The van der Waals surface area contributed by atoms with Gasteiger partial charge in [0.15, 0.2) is 0 Å². The standard InChI is InChI=1S/C23H25FN4O2/c1-3-30-22-7-5-4-6-20(22)27-12-14-28(15-13-27)23(29)21-16-19(25-26(21)2)17-8-10-18(24)11-9-17/h4-11,16H,3,12-15H2,1-2H3. The van der Waals surface area contributed by atoms with Crippen LogP contribution in [-0.2, 0) is 7.05 Å². The fourth-order valence-electron chi connectivity index (χ4n) is 3.74. The Morgan fingerprint density at radius 2 is 1.77 bits per heavy atom. The number of carbonyl (C=O) groups excluding carboxylic acids is 1. The molecule has 1 aromatic heterocycles. The van der Waals surface area contributed by atoms with Crippen molar-refractivity contribution in [2.75, 3.05) is 37.7 Å². The minimum atomic E-state index is -0.297. The average Bonchev–Trinajstić information content (AvgIpc) is 3.16. The number of aryl methyl sites for hydroxylation is 1. The number of aromatic nitrogens is 2. The van der Waals surface area contributed by atoms with Crippen molar-refractivity contribution in [2.24, 2.45) is 7.05 Å². The molecule has 0 spiro atoms. The van der Waals surface area contributed by atoms with Gasteiger partial charge in [-0.05, 0) is 49.4 Å². The van der Waals surface area contributed by atoms with E-state index >= 15 is 0 Å². The molecule has 1 saturated heterocycles. The van der Waals surface area contributed by atoms with E-state index in [1.807, 2.05) is 30.0 Å². The molecule has 0 atom stereocenters. The van der Waals surface area contributed by atoms with Crippen LogP contribution < -0.4 is 9.64 Å². The van der Waals surface area contributed by atoms with Gasteiger partial charge in [0, 0.05) is 38.8 Å². The van der Waals surface area contributed by atoms with Crippen LogP contribution in [0.2, 0.25) is 0 Å². The van der Waals surface area contributed by atoms with Crippen LogP contribution in [0.25, 0.3) is 11.3 Å². The highest BCUT2D eigenvalue weighted by atomic mass is 19.1. The van der Waals surface area contributed by atoms with Crippen LogP contribution in [0.4, 0.5) is 10.1 Å². The fraction of sp³-hybridized carbons (Fsp3) is 0.304. The highest BCUT2D eigenvalue weighted by molar-refractivity contribution is 5.94. The number of anilines is 1. The SMILES string of the molecule is CCOc1ccccc1N1CCN(C(=O)c2cc(-c3ccc(F)cc3)nn2C)CC1. The number of ether oxygens (including phenoxy) is 1. The zero-order valence-electron chi connectivity index (χ0n) is 17.2. The summed E-state index contributed by atoms with van der Waals surface area (Å²) in [5.74, 6) is 0.529. The third kappa shape index (κ3) is 4.01. The lowest BCUT2D eigenvalue weighted by atomic mass is 10.1. The van der Waals surface area contributed by atoms with E-state index in [9.17, 15) is 9.18 Å². The van der Waals surface area contributed by atoms with Gasteiger partial charge in [0.1, 0.15) is 17.3 Å². The second-order valence-corrected chi connectivity index (χ2v) is 7.23. The average molecular weight is 408 g/mol. The van der Waals surface area contributed by atoms with E-state index in [-0.39, 0.29) is 11.7 Å². The van der Waals surface area contributed by atoms with Crippen molar-refractivity contribution in [2.45, 2.75) is 6.92 Å². The van der Waals surface area contributed by atoms with E-state index in [4.69, 9.17) is 4.74 Å². The van der Waals surface area contributed by atoms with Gasteiger partial charge >= 0.3 is 0 Å². The first kappa shape index (κ1) is 19.9. The second kappa shape index (κ2) is 8.57. The molecule has 6 nitrogen and oxygen atoms in total. The monoisotopic (exact) mass is 408 g/mol. The van der Waals surface area contributed by atoms with Crippen LogP contribution >= 0.6 is 0 Å². The molecule has 1 aliphatic rings. The highest BCUT2D eigenvalue weighted by Gasteiger charge is 2.26. The number of carbonyl (C=O) groups is 1. The molecule has 2 heterocycles. The van der Waals surface area contributed by atoms with Crippen LogP contribution in [0, 0.1) is 5.82 Å². The van der Waals surface area contributed by atoms with Crippen LogP contribution in [0.15, 0.2) is 54.6 Å². The number of hydrogen-bond donors (Lipinski definition) is 0. The molecule has 156 valence electrons. The van der Waals surface area contributed by atoms with E-state index in [0.29, 0.717) is 31.1 Å². The molecule has 2 aromatic carbocycles. The maximum absolute atomic E-state index is 13.2. The molecular weight excluding hydrogens is 383 g/mol. The smallest absolute Gasteiger partial charge is 0.272 e. The van der Waals surface area contributed by atoms with Crippen molar-refractivity contribution in [1.29, 1.82) is 0 Å². The molecule has 3 aromatic rings. The molecular formula is C23H25FN4O2. The molecule has 0 aliphatic carbocycles. The van der Waals surface area contributed by atoms with Gasteiger partial charge in [-0.1, -0.05) is 12.1 Å². The first-order valence-corrected chi connectivity index (χ1v) is 10.1. The van der Waals surface area contributed by atoms with Crippen LogP contribution in [0.3, 0.4) is 0 Å². The first-order chi connectivity index (χ1) is 14.6. The number of nitrogens with zero attached hydrogens (tertiary/aromatic N) is 4. The first-order valence-electron chi connectivity index (χ1n) is 10.1. The molecule has 1 fully saturated rings. The van der Waals surface area contributed by atoms with Crippen molar-refractivity contribution in [1.82, 2.24) is 14.7 Å². The number of halogens is 1. The molecule has 7 heteroatoms. The van der Waals surface area contributed by atoms with Gasteiger partial charge in [0.25, 0.3) is 5.91 Å². The Morgan fingerprint density at radius 1 is 1.07 bits per heavy atom. The van der Waals surface area contributed by atoms with E-state index in [1.54, 1.807) is 29.9 Å². The third-order valence-electron chi connectivity index (χ3n) is 5.31. The van der Waals surface area contributed by atoms with Crippen molar-refractivity contribution in [3.8, 4) is 17.0 Å². The molecule has 1 aliphatic heterocycles. The summed E-state index contributed by atoms with van der Waals surface area (Å²) in [4.78, 5) is 17.2. The Kier molecular flexibility index (Phi) is 5.70. The molecule has 30 heavy (non-hydrogen) atoms. The Balaban J connectivity index is 1.46. The summed E-state index contributed by atoms with van der Waals surface area (Å²) >= 11 is 0. The van der Waals surface area contributed by atoms with Crippen molar-refractivity contribution in [3.63, 3.8) is 0 Å². The number of benzene rings is 2. The fourth-order valence-corrected chi connectivity index (χ4v) is 3.74. The summed E-state index contributed by atoms with van der Waals surface area (Å²) in [5, 5.41) is 4.44. The Hall–Kier alpha value is -3.35. The van der Waals surface area contributed by atoms with E-state index < -0.39 is 0 Å². The van der Waals surface area contributed by atoms with Crippen LogP contribution in [-0.4, -0.2) is 53.4 Å². The van der Waals surface area contributed by atoms with Crippen molar-refractivity contribution < 1.29 is 13.9 Å². The van der Waals surface area contributed by atoms with Gasteiger partial charge in [0.05, 0.1) is 18.0 Å². The lowest BCUT2D eigenvalue weighted by molar-refractivity contribution is 0.0735. The van der Waals surface area contributed by atoms with Gasteiger partial charge in [-0.25, -0.2) is 4.39 Å². The molecule has 0 saturated carbocycles. The number of para-hydroxylation sites is 2. The maximum Gasteiger partial charge on any atom is 0.272 e. The Morgan fingerprint density at radius 3 is 2.47 bits per heavy atom. The van der Waals surface area contributed by atoms with Gasteiger partial charge in [-0.15, -0.1) is 0 Å². The van der Waals surface area contributed by atoms with Gasteiger partial charge in [-0.2, -0.15) is 5.10 Å². The van der Waals surface area contributed by atoms with Gasteiger partial charge in [0.2, 0.25) is 0 Å². The molecule has 0 unspecified atom stereocenters. The predicted molar refractivity (Wildman–Crippen MR) is 114 cm³/mol. The highest BCUT2D eigenvalue weighted by Crippen LogP contribution is 2.29. The molecule has 4 rings (SSSR count). The zero-order chi connectivity index (χ0) is 21.1. The largest absolute Gasteiger partial charge is 0.492 e. The van der Waals surface area contributed by atoms with Gasteiger partial charge < -0.3 is 14.5 Å². The van der Waals surface area contributed by atoms with E-state index in [1.165, 1.54) is 12.1 Å². The number of rotatable bonds is 5. The Bertz CT molecular complexity index is 1020. The second-order valence-electron chi connectivity index (χ2n) is 7.23. The lowest BCUT2D eigenvalue weighted by Gasteiger charge is -2.36. The minimum absolute atomic E-state index is 0.0453. The minimum Gasteiger partial charge on any atom is -0.492 e. The molecule has 0 N–H and O–H groups in total. The Labute approximate surface area is 175 Å². The zero-order valence-corrected chi connectivity index (χ0v) is 17.2. The predicted octanol–water partition coefficient (Wildman–Crippen LogP) is 3.59. The molecule has 1 amide bonds. The number of piperazine rings is 1. The van der Waals surface area contributed by atoms with Gasteiger partial charge in [-0.3, -0.25) is 9.48 Å². The van der Waals surface area contributed by atoms with E-state index in [0.717, 1.165) is 30.1 Å². The van der Waals surface area contributed by atoms with E-state index in [2.05, 4.69) is 16.1 Å². The maximum atomic E-state index is 13.2. The summed E-state index contributed by atoms with van der Waals surface area (Å²) in [5.41, 5.74) is 3.02.